The van der Waals surface area contributed by atoms with Crippen LogP contribution in [0.1, 0.15) is 24.8 Å². The van der Waals surface area contributed by atoms with Gasteiger partial charge in [0.1, 0.15) is 0 Å². The molecule has 0 saturated carbocycles. The Balaban J connectivity index is 3.11. The zero-order chi connectivity index (χ0) is 15.6. The lowest BCUT2D eigenvalue weighted by Gasteiger charge is -2.29. The minimum absolute atomic E-state index is 0.0464. The van der Waals surface area contributed by atoms with E-state index in [9.17, 15) is 22.7 Å². The predicted octanol–water partition coefficient (Wildman–Crippen LogP) is 3.27. The molecule has 112 valence electrons. The van der Waals surface area contributed by atoms with Crippen molar-refractivity contribution in [3.63, 3.8) is 0 Å². The number of aliphatic hydroxyl groups is 1. The Morgan fingerprint density at radius 1 is 1.40 bits per heavy atom. The van der Waals surface area contributed by atoms with E-state index in [0.717, 1.165) is 6.07 Å². The molecule has 1 aromatic carbocycles. The van der Waals surface area contributed by atoms with Crippen molar-refractivity contribution in [2.45, 2.75) is 31.0 Å². The molecule has 1 rings (SSSR count). The van der Waals surface area contributed by atoms with E-state index in [1.54, 1.807) is 0 Å². The first-order valence-electron chi connectivity index (χ1n) is 5.79. The number of benzene rings is 1. The van der Waals surface area contributed by atoms with Gasteiger partial charge >= 0.3 is 6.18 Å². The van der Waals surface area contributed by atoms with Crippen LogP contribution in [0.25, 0.3) is 0 Å². The summed E-state index contributed by atoms with van der Waals surface area (Å²) in [6.07, 6.45) is -5.81. The zero-order valence-corrected chi connectivity index (χ0v) is 11.0. The van der Waals surface area contributed by atoms with Crippen LogP contribution < -0.4 is 4.74 Å². The fourth-order valence-electron chi connectivity index (χ4n) is 1.96. The maximum Gasteiger partial charge on any atom is 0.422 e. The van der Waals surface area contributed by atoms with E-state index in [4.69, 9.17) is 10.1 Å². The minimum atomic E-state index is -4.97. The molecule has 2 N–H and O–H groups in total. The SMILES string of the molecule is COc1c(F)cccc1[C@H](C)C[C@@](O)(C=N)C(F)(F)F. The van der Waals surface area contributed by atoms with Gasteiger partial charge in [0.05, 0.1) is 7.11 Å². The van der Waals surface area contributed by atoms with Crippen molar-refractivity contribution in [3.05, 3.63) is 29.6 Å². The van der Waals surface area contributed by atoms with Crippen LogP contribution in [0.5, 0.6) is 5.75 Å². The van der Waals surface area contributed by atoms with Crippen molar-refractivity contribution in [1.82, 2.24) is 0 Å². The molecule has 0 aliphatic carbocycles. The topological polar surface area (TPSA) is 53.3 Å². The van der Waals surface area contributed by atoms with E-state index in [0.29, 0.717) is 0 Å². The van der Waals surface area contributed by atoms with E-state index in [-0.39, 0.29) is 17.5 Å². The van der Waals surface area contributed by atoms with Crippen LogP contribution in [0, 0.1) is 11.2 Å². The van der Waals surface area contributed by atoms with Crippen molar-refractivity contribution in [2.24, 2.45) is 0 Å². The molecule has 2 atom stereocenters. The summed E-state index contributed by atoms with van der Waals surface area (Å²) in [7, 11) is 1.21. The van der Waals surface area contributed by atoms with E-state index in [2.05, 4.69) is 0 Å². The monoisotopic (exact) mass is 293 g/mol. The third-order valence-corrected chi connectivity index (χ3v) is 3.08. The highest BCUT2D eigenvalue weighted by atomic mass is 19.4. The Labute approximate surface area is 113 Å². The van der Waals surface area contributed by atoms with Crippen LogP contribution >= 0.6 is 0 Å². The molecule has 0 amide bonds. The third-order valence-electron chi connectivity index (χ3n) is 3.08. The van der Waals surface area contributed by atoms with Crippen molar-refractivity contribution in [3.8, 4) is 5.75 Å². The molecule has 1 aromatic rings. The van der Waals surface area contributed by atoms with Crippen LogP contribution in [-0.2, 0) is 0 Å². The summed E-state index contributed by atoms with van der Waals surface area (Å²) >= 11 is 0. The smallest absolute Gasteiger partial charge is 0.422 e. The number of hydrogen-bond acceptors (Lipinski definition) is 3. The highest BCUT2D eigenvalue weighted by Gasteiger charge is 2.53. The van der Waals surface area contributed by atoms with Crippen molar-refractivity contribution in [1.29, 1.82) is 5.41 Å². The van der Waals surface area contributed by atoms with Gasteiger partial charge in [0.2, 0.25) is 0 Å². The first-order valence-corrected chi connectivity index (χ1v) is 5.79. The molecular weight excluding hydrogens is 278 g/mol. The minimum Gasteiger partial charge on any atom is -0.493 e. The number of nitrogens with one attached hydrogen (secondary N) is 1. The number of halogens is 4. The quantitative estimate of drug-likeness (QED) is 0.646. The molecule has 3 nitrogen and oxygen atoms in total. The molecule has 0 heterocycles. The lowest BCUT2D eigenvalue weighted by Crippen LogP contribution is -2.47. The summed E-state index contributed by atoms with van der Waals surface area (Å²) in [6.45, 7) is 1.40. The van der Waals surface area contributed by atoms with E-state index < -0.39 is 29.9 Å². The Morgan fingerprint density at radius 2 is 2.00 bits per heavy atom. The summed E-state index contributed by atoms with van der Waals surface area (Å²) in [6, 6.07) is 3.90. The fraction of sp³-hybridized carbons (Fsp3) is 0.462. The van der Waals surface area contributed by atoms with Crippen LogP contribution in [0.4, 0.5) is 17.6 Å². The third kappa shape index (κ3) is 3.09. The van der Waals surface area contributed by atoms with Gasteiger partial charge in [-0.3, -0.25) is 0 Å². The van der Waals surface area contributed by atoms with Gasteiger partial charge < -0.3 is 15.3 Å². The number of methoxy groups -OCH3 is 1. The molecule has 0 aliphatic heterocycles. The van der Waals surface area contributed by atoms with Gasteiger partial charge in [-0.05, 0) is 18.4 Å². The van der Waals surface area contributed by atoms with E-state index >= 15 is 0 Å². The largest absolute Gasteiger partial charge is 0.493 e. The number of hydrogen-bond donors (Lipinski definition) is 2. The molecule has 0 fully saturated rings. The zero-order valence-electron chi connectivity index (χ0n) is 11.0. The first kappa shape index (κ1) is 16.4. The molecule has 0 unspecified atom stereocenters. The number of para-hydroxylation sites is 1. The van der Waals surface area contributed by atoms with Crippen molar-refractivity contribution >= 4 is 6.21 Å². The number of alkyl halides is 3. The second-order valence-corrected chi connectivity index (χ2v) is 4.53. The second kappa shape index (κ2) is 5.78. The maximum absolute atomic E-state index is 13.5. The Hall–Kier alpha value is -1.63. The summed E-state index contributed by atoms with van der Waals surface area (Å²) < 4.78 is 56.5. The standard InChI is InChI=1S/C13H15F4NO2/c1-8(6-12(19,7-18)13(15,16)17)9-4-3-5-10(14)11(9)20-2/h3-5,7-8,18-19H,6H2,1-2H3/t8-,12-/m1/s1. The van der Waals surface area contributed by atoms with Crippen LogP contribution in [0.15, 0.2) is 18.2 Å². The van der Waals surface area contributed by atoms with Gasteiger partial charge in [-0.25, -0.2) is 4.39 Å². The normalized spacial score (nSPS) is 16.4. The molecule has 0 saturated heterocycles. The summed E-state index contributed by atoms with van der Waals surface area (Å²) in [5.41, 5.74) is -3.04. The molecule has 0 aromatic heterocycles. The van der Waals surface area contributed by atoms with Crippen molar-refractivity contribution < 1.29 is 27.4 Å². The Morgan fingerprint density at radius 3 is 2.45 bits per heavy atom. The molecule has 0 radical (unpaired) electrons. The second-order valence-electron chi connectivity index (χ2n) is 4.53. The van der Waals surface area contributed by atoms with Gasteiger partial charge in [-0.15, -0.1) is 0 Å². The molecular formula is C13H15F4NO2. The van der Waals surface area contributed by atoms with Crippen LogP contribution in [0.3, 0.4) is 0 Å². The highest BCUT2D eigenvalue weighted by Crippen LogP contribution is 2.39. The molecule has 7 heteroatoms. The highest BCUT2D eigenvalue weighted by molar-refractivity contribution is 5.66. The van der Waals surface area contributed by atoms with Gasteiger partial charge in [0.25, 0.3) is 0 Å². The number of rotatable bonds is 5. The average molecular weight is 293 g/mol. The number of ether oxygens (including phenoxy) is 1. The van der Waals surface area contributed by atoms with Gasteiger partial charge in [0, 0.05) is 11.8 Å². The van der Waals surface area contributed by atoms with Gasteiger partial charge in [-0.1, -0.05) is 19.1 Å². The average Bonchev–Trinajstić information content (AvgIpc) is 2.36. The summed E-state index contributed by atoms with van der Waals surface area (Å²) in [5, 5.41) is 16.3. The Kier molecular flexibility index (Phi) is 4.75. The fourth-order valence-corrected chi connectivity index (χ4v) is 1.96. The molecule has 0 bridgehead atoms. The van der Waals surface area contributed by atoms with Crippen LogP contribution in [0.2, 0.25) is 0 Å². The van der Waals surface area contributed by atoms with E-state index in [1.807, 2.05) is 0 Å². The van der Waals surface area contributed by atoms with Crippen LogP contribution in [-0.4, -0.2) is 30.2 Å². The van der Waals surface area contributed by atoms with E-state index in [1.165, 1.54) is 26.2 Å². The molecule has 0 aliphatic rings. The lowest BCUT2D eigenvalue weighted by atomic mass is 9.86. The molecule has 20 heavy (non-hydrogen) atoms. The Bertz CT molecular complexity index is 490. The van der Waals surface area contributed by atoms with Gasteiger partial charge in [0.15, 0.2) is 17.2 Å². The summed E-state index contributed by atoms with van der Waals surface area (Å²) in [5.74, 6) is -1.70. The maximum atomic E-state index is 13.5. The lowest BCUT2D eigenvalue weighted by molar-refractivity contribution is -0.232. The predicted molar refractivity (Wildman–Crippen MR) is 65.8 cm³/mol. The van der Waals surface area contributed by atoms with Crippen molar-refractivity contribution in [2.75, 3.05) is 7.11 Å². The van der Waals surface area contributed by atoms with Gasteiger partial charge in [-0.2, -0.15) is 13.2 Å². The first-order chi connectivity index (χ1) is 9.16. The molecule has 0 spiro atoms. The summed E-state index contributed by atoms with van der Waals surface area (Å²) in [4.78, 5) is 0.